The average molecular weight is 373 g/mol. The van der Waals surface area contributed by atoms with Crippen LogP contribution in [0.4, 0.5) is 0 Å². The van der Waals surface area contributed by atoms with E-state index in [1.807, 2.05) is 42.5 Å². The predicted molar refractivity (Wildman–Crippen MR) is 76.8 cm³/mol. The molecule has 0 N–H and O–H groups in total. The molecule has 0 aromatic heterocycles. The molecule has 3 rings (SSSR count). The molecular weight excluding hydrogens is 359 g/mol. The van der Waals surface area contributed by atoms with Gasteiger partial charge >= 0.3 is 21.2 Å². The molecule has 0 heterocycles. The van der Waals surface area contributed by atoms with Crippen LogP contribution in [0.1, 0.15) is 0 Å². The second-order valence-corrected chi connectivity index (χ2v) is 7.29. The van der Waals surface area contributed by atoms with Crippen molar-refractivity contribution >= 4 is 0 Å². The fraction of sp³-hybridized carbons (Fsp3) is 0. The quantitative estimate of drug-likeness (QED) is 0.632. The van der Waals surface area contributed by atoms with Gasteiger partial charge in [0, 0.05) is 0 Å². The van der Waals surface area contributed by atoms with Crippen LogP contribution in [0, 0.1) is 7.14 Å². The first kappa shape index (κ1) is 13.2. The number of rotatable bonds is 4. The van der Waals surface area contributed by atoms with Crippen LogP contribution < -0.4 is 25.9 Å². The highest BCUT2D eigenvalue weighted by atomic mass is 127. The van der Waals surface area contributed by atoms with Crippen LogP contribution in [0.25, 0.3) is 0 Å². The van der Waals surface area contributed by atoms with Gasteiger partial charge in [-0.25, -0.2) is 0 Å². The van der Waals surface area contributed by atoms with E-state index < -0.39 is 0 Å². The zero-order valence-corrected chi connectivity index (χ0v) is 13.0. The fourth-order valence-electron chi connectivity index (χ4n) is 1.79. The highest BCUT2D eigenvalue weighted by Crippen LogP contribution is 2.19. The highest BCUT2D eigenvalue weighted by Gasteiger charge is 2.14. The molecule has 0 saturated heterocycles. The van der Waals surface area contributed by atoms with Gasteiger partial charge in [0.15, 0.2) is 7.14 Å². The molecule has 0 aliphatic carbocycles. The van der Waals surface area contributed by atoms with E-state index in [1.165, 1.54) is 7.14 Å². The van der Waals surface area contributed by atoms with Gasteiger partial charge in [-0.2, -0.15) is 0 Å². The van der Waals surface area contributed by atoms with E-state index in [0.29, 0.717) is 0 Å². The maximum atomic E-state index is 5.80. The smallest absolute Gasteiger partial charge is 0.357 e. The molecule has 0 aliphatic heterocycles. The molecule has 0 bridgehead atoms. The molecule has 0 aliphatic rings. The summed E-state index contributed by atoms with van der Waals surface area (Å²) < 4.78 is 8.63. The second-order valence-electron chi connectivity index (χ2n) is 4.26. The van der Waals surface area contributed by atoms with E-state index in [4.69, 9.17) is 4.74 Å². The van der Waals surface area contributed by atoms with Gasteiger partial charge in [-0.05, 0) is 48.5 Å². The molecule has 3 aromatic rings. The number of benzene rings is 3. The molecule has 0 saturated carbocycles. The maximum Gasteiger partial charge on any atom is 0.357 e. The Labute approximate surface area is 129 Å². The summed E-state index contributed by atoms with van der Waals surface area (Å²) >= 11 is -0.100. The zero-order valence-electron chi connectivity index (χ0n) is 10.9. The van der Waals surface area contributed by atoms with Crippen molar-refractivity contribution in [3.63, 3.8) is 0 Å². The first-order valence-electron chi connectivity index (χ1n) is 6.43. The Balaban J connectivity index is 1.69. The summed E-state index contributed by atoms with van der Waals surface area (Å²) in [6.45, 7) is 0. The number of hydrogen-bond donors (Lipinski definition) is 0. The highest BCUT2D eigenvalue weighted by molar-refractivity contribution is 5.30. The Morgan fingerprint density at radius 3 is 1.65 bits per heavy atom. The summed E-state index contributed by atoms with van der Waals surface area (Å²) in [6.07, 6.45) is 0. The third-order valence-corrected chi connectivity index (χ3v) is 5.43. The molecule has 98 valence electrons. The van der Waals surface area contributed by atoms with E-state index in [-0.39, 0.29) is 21.2 Å². The van der Waals surface area contributed by atoms with Crippen molar-refractivity contribution in [2.24, 2.45) is 0 Å². The Hall–Kier alpha value is -1.81. The lowest BCUT2D eigenvalue weighted by Gasteiger charge is -2.03. The molecular formula is C18H14IO+. The first-order chi connectivity index (χ1) is 9.90. The monoisotopic (exact) mass is 373 g/mol. The molecule has 0 radical (unpaired) electrons. The largest absolute Gasteiger partial charge is 0.457 e. The van der Waals surface area contributed by atoms with Crippen molar-refractivity contribution < 1.29 is 25.9 Å². The van der Waals surface area contributed by atoms with Gasteiger partial charge in [0.2, 0.25) is 0 Å². The van der Waals surface area contributed by atoms with E-state index in [2.05, 4.69) is 42.5 Å². The summed E-state index contributed by atoms with van der Waals surface area (Å²) in [7, 11) is 0. The molecule has 1 nitrogen and oxygen atoms in total. The molecule has 0 amide bonds. The predicted octanol–water partition coefficient (Wildman–Crippen LogP) is 1.61. The van der Waals surface area contributed by atoms with Crippen molar-refractivity contribution in [2.45, 2.75) is 0 Å². The molecule has 0 atom stereocenters. The Bertz CT molecular complexity index is 588. The van der Waals surface area contributed by atoms with Crippen LogP contribution in [-0.4, -0.2) is 0 Å². The standard InChI is InChI=1S/C18H14IO/c1-3-7-15(8-4-1)19-16-11-13-18(14-12-16)20-17-9-5-2-6-10-17/h1-14H/q+1. The Morgan fingerprint density at radius 2 is 1.00 bits per heavy atom. The lowest BCUT2D eigenvalue weighted by atomic mass is 10.3. The topological polar surface area (TPSA) is 9.23 Å². The number of ether oxygens (including phenoxy) is 1. The third kappa shape index (κ3) is 3.61. The minimum Gasteiger partial charge on any atom is -0.457 e. The van der Waals surface area contributed by atoms with Crippen molar-refractivity contribution in [3.8, 4) is 11.5 Å². The first-order valence-corrected chi connectivity index (χ1v) is 8.59. The SMILES string of the molecule is c1ccc(Oc2ccc([I+]c3ccccc3)cc2)cc1. The molecule has 20 heavy (non-hydrogen) atoms. The maximum absolute atomic E-state index is 5.80. The van der Waals surface area contributed by atoms with Crippen LogP contribution in [0.15, 0.2) is 84.9 Å². The van der Waals surface area contributed by atoms with Gasteiger partial charge < -0.3 is 4.74 Å². The minimum absolute atomic E-state index is 0.100. The molecule has 0 unspecified atom stereocenters. The van der Waals surface area contributed by atoms with Crippen LogP contribution in [-0.2, 0) is 0 Å². The van der Waals surface area contributed by atoms with Gasteiger partial charge in [-0.15, -0.1) is 0 Å². The normalized spacial score (nSPS) is 10.2. The van der Waals surface area contributed by atoms with Crippen molar-refractivity contribution in [2.75, 3.05) is 0 Å². The number of halogens is 1. The summed E-state index contributed by atoms with van der Waals surface area (Å²) in [5.41, 5.74) is 0. The lowest BCUT2D eigenvalue weighted by Crippen LogP contribution is -3.61. The van der Waals surface area contributed by atoms with E-state index in [0.717, 1.165) is 11.5 Å². The van der Waals surface area contributed by atoms with Gasteiger partial charge in [0.05, 0.1) is 0 Å². The second kappa shape index (κ2) is 6.57. The molecule has 3 aromatic carbocycles. The van der Waals surface area contributed by atoms with E-state index >= 15 is 0 Å². The lowest BCUT2D eigenvalue weighted by molar-refractivity contribution is -0.597. The van der Waals surface area contributed by atoms with E-state index in [1.54, 1.807) is 0 Å². The molecule has 0 spiro atoms. The summed E-state index contributed by atoms with van der Waals surface area (Å²) in [5.74, 6) is 1.76. The minimum atomic E-state index is -0.100. The number of para-hydroxylation sites is 1. The third-order valence-electron chi connectivity index (χ3n) is 2.74. The number of hydrogen-bond acceptors (Lipinski definition) is 1. The van der Waals surface area contributed by atoms with Gasteiger partial charge in [-0.3, -0.25) is 0 Å². The van der Waals surface area contributed by atoms with E-state index in [9.17, 15) is 0 Å². The van der Waals surface area contributed by atoms with Crippen LogP contribution >= 0.6 is 0 Å². The van der Waals surface area contributed by atoms with Crippen LogP contribution in [0.2, 0.25) is 0 Å². The van der Waals surface area contributed by atoms with Gasteiger partial charge in [-0.1, -0.05) is 36.4 Å². The van der Waals surface area contributed by atoms with Gasteiger partial charge in [0.25, 0.3) is 0 Å². The Kier molecular flexibility index (Phi) is 4.33. The van der Waals surface area contributed by atoms with Crippen molar-refractivity contribution in [1.82, 2.24) is 0 Å². The molecule has 0 fully saturated rings. The Morgan fingerprint density at radius 1 is 0.500 bits per heavy atom. The van der Waals surface area contributed by atoms with Crippen molar-refractivity contribution in [3.05, 3.63) is 92.1 Å². The summed E-state index contributed by atoms with van der Waals surface area (Å²) in [4.78, 5) is 0. The van der Waals surface area contributed by atoms with Crippen molar-refractivity contribution in [1.29, 1.82) is 0 Å². The average Bonchev–Trinajstić information content (AvgIpc) is 2.51. The van der Waals surface area contributed by atoms with Gasteiger partial charge in [0.1, 0.15) is 11.5 Å². The zero-order chi connectivity index (χ0) is 13.6. The fourth-order valence-corrected chi connectivity index (χ4v) is 4.01. The van der Waals surface area contributed by atoms with Crippen LogP contribution in [0.5, 0.6) is 11.5 Å². The molecule has 2 heteroatoms. The van der Waals surface area contributed by atoms with Crippen LogP contribution in [0.3, 0.4) is 0 Å². The summed E-state index contributed by atoms with van der Waals surface area (Å²) in [5, 5.41) is 0. The summed E-state index contributed by atoms with van der Waals surface area (Å²) in [6, 6.07) is 28.9.